The van der Waals surface area contributed by atoms with Crippen LogP contribution in [0.3, 0.4) is 0 Å². The van der Waals surface area contributed by atoms with E-state index >= 15 is 0 Å². The summed E-state index contributed by atoms with van der Waals surface area (Å²) in [6.45, 7) is 2.66. The van der Waals surface area contributed by atoms with Gasteiger partial charge in [-0.15, -0.1) is 0 Å². The second-order valence-electron chi connectivity index (χ2n) is 4.36. The summed E-state index contributed by atoms with van der Waals surface area (Å²) < 4.78 is 1.65. The van der Waals surface area contributed by atoms with Crippen LogP contribution < -0.4 is 5.32 Å². The van der Waals surface area contributed by atoms with E-state index in [1.807, 2.05) is 6.92 Å². The Morgan fingerprint density at radius 2 is 2.29 bits per heavy atom. The van der Waals surface area contributed by atoms with Crippen LogP contribution in [0.1, 0.15) is 13.3 Å². The maximum absolute atomic E-state index is 11.9. The summed E-state index contributed by atoms with van der Waals surface area (Å²) in [6.07, 6.45) is 2.48. The number of thioether (sulfide) groups is 1. The van der Waals surface area contributed by atoms with Crippen LogP contribution in [-0.2, 0) is 16.1 Å². The Bertz CT molecular complexity index is 656. The summed E-state index contributed by atoms with van der Waals surface area (Å²) in [6, 6.07) is 3.54. The van der Waals surface area contributed by atoms with Gasteiger partial charge >= 0.3 is 5.97 Å². The Morgan fingerprint density at radius 3 is 3.00 bits per heavy atom. The number of imidazole rings is 1. The molecule has 2 rings (SSSR count). The third-order valence-electron chi connectivity index (χ3n) is 2.67. The Kier molecular flexibility index (Phi) is 5.15. The lowest BCUT2D eigenvalue weighted by Crippen LogP contribution is -2.28. The van der Waals surface area contributed by atoms with E-state index in [2.05, 4.69) is 15.3 Å². The zero-order chi connectivity index (χ0) is 15.2. The molecule has 1 amide bonds. The minimum atomic E-state index is -0.929. The third kappa shape index (κ3) is 3.94. The number of carbonyl (C=O) groups is 2. The monoisotopic (exact) mass is 308 g/mol. The van der Waals surface area contributed by atoms with E-state index in [1.165, 1.54) is 0 Å². The minimum absolute atomic E-state index is 0.0788. The van der Waals surface area contributed by atoms with Gasteiger partial charge in [-0.2, -0.15) is 0 Å². The number of carboxylic acid groups (broad SMARTS) is 1. The molecule has 0 saturated carbocycles. The first-order valence-electron chi connectivity index (χ1n) is 6.54. The number of fused-ring (bicyclic) bond motifs is 1. The maximum Gasteiger partial charge on any atom is 0.313 e. The van der Waals surface area contributed by atoms with Crippen molar-refractivity contribution in [2.75, 3.05) is 12.3 Å². The van der Waals surface area contributed by atoms with Crippen molar-refractivity contribution in [3.05, 3.63) is 18.3 Å². The normalized spacial score (nSPS) is 10.7. The lowest BCUT2D eigenvalue weighted by atomic mass is 10.4. The lowest BCUT2D eigenvalue weighted by Gasteiger charge is -2.08. The van der Waals surface area contributed by atoms with Gasteiger partial charge in [0.1, 0.15) is 12.1 Å². The zero-order valence-electron chi connectivity index (χ0n) is 11.6. The molecule has 7 nitrogen and oxygen atoms in total. The highest BCUT2D eigenvalue weighted by atomic mass is 32.2. The van der Waals surface area contributed by atoms with Crippen molar-refractivity contribution in [1.29, 1.82) is 0 Å². The van der Waals surface area contributed by atoms with Crippen LogP contribution in [-0.4, -0.2) is 43.8 Å². The van der Waals surface area contributed by atoms with Crippen molar-refractivity contribution in [2.24, 2.45) is 0 Å². The molecule has 0 bridgehead atoms. The first-order chi connectivity index (χ1) is 10.1. The summed E-state index contributed by atoms with van der Waals surface area (Å²) in [5.74, 6) is -1.18. The molecule has 2 aromatic heterocycles. The third-order valence-corrected chi connectivity index (χ3v) is 3.63. The molecule has 2 heterocycles. The molecule has 21 heavy (non-hydrogen) atoms. The van der Waals surface area contributed by atoms with Crippen molar-refractivity contribution in [2.45, 2.75) is 25.0 Å². The fourth-order valence-electron chi connectivity index (χ4n) is 1.78. The first-order valence-corrected chi connectivity index (χ1v) is 7.53. The fourth-order valence-corrected chi connectivity index (χ4v) is 2.50. The van der Waals surface area contributed by atoms with Crippen LogP contribution in [0.2, 0.25) is 0 Å². The van der Waals surface area contributed by atoms with Gasteiger partial charge in [-0.05, 0) is 18.6 Å². The van der Waals surface area contributed by atoms with E-state index in [4.69, 9.17) is 5.11 Å². The number of carboxylic acids is 1. The molecule has 0 spiro atoms. The number of carbonyl (C=O) groups excluding carboxylic acids is 1. The average Bonchev–Trinajstić information content (AvgIpc) is 2.81. The standard InChI is InChI=1S/C13H16N4O3S/c1-2-5-14-10(18)7-17-12-9(4-3-6-15-12)16-13(17)21-8-11(19)20/h3-4,6H,2,5,7-8H2,1H3,(H,14,18)(H,19,20). The Labute approximate surface area is 125 Å². The van der Waals surface area contributed by atoms with Crippen LogP contribution in [0.15, 0.2) is 23.5 Å². The van der Waals surface area contributed by atoms with Crippen LogP contribution in [0.25, 0.3) is 11.2 Å². The number of aliphatic carboxylic acids is 1. The molecule has 0 aliphatic rings. The Balaban J connectivity index is 2.26. The summed E-state index contributed by atoms with van der Waals surface area (Å²) >= 11 is 1.08. The van der Waals surface area contributed by atoms with Gasteiger partial charge in [0.25, 0.3) is 0 Å². The quantitative estimate of drug-likeness (QED) is 0.744. The molecule has 0 atom stereocenters. The molecule has 0 aliphatic heterocycles. The molecule has 8 heteroatoms. The molecule has 0 radical (unpaired) electrons. The maximum atomic E-state index is 11.9. The fraction of sp³-hybridized carbons (Fsp3) is 0.385. The Morgan fingerprint density at radius 1 is 1.48 bits per heavy atom. The van der Waals surface area contributed by atoms with Gasteiger partial charge in [0, 0.05) is 12.7 Å². The number of nitrogens with zero attached hydrogens (tertiary/aromatic N) is 3. The van der Waals surface area contributed by atoms with Crippen molar-refractivity contribution in [3.63, 3.8) is 0 Å². The second kappa shape index (κ2) is 7.07. The Hall–Kier alpha value is -2.09. The highest BCUT2D eigenvalue weighted by molar-refractivity contribution is 7.99. The summed E-state index contributed by atoms with van der Waals surface area (Å²) in [7, 11) is 0. The number of aromatic nitrogens is 3. The van der Waals surface area contributed by atoms with Gasteiger partial charge in [-0.25, -0.2) is 9.97 Å². The molecular formula is C13H16N4O3S. The SMILES string of the molecule is CCCNC(=O)Cn1c(SCC(=O)O)nc2cccnc21. The van der Waals surface area contributed by atoms with Gasteiger partial charge in [-0.1, -0.05) is 18.7 Å². The number of nitrogens with one attached hydrogen (secondary N) is 1. The van der Waals surface area contributed by atoms with Crippen molar-refractivity contribution in [1.82, 2.24) is 19.9 Å². The smallest absolute Gasteiger partial charge is 0.313 e. The molecule has 112 valence electrons. The number of amides is 1. The predicted octanol–water partition coefficient (Wildman–Crippen LogP) is 1.13. The van der Waals surface area contributed by atoms with Gasteiger partial charge < -0.3 is 10.4 Å². The molecule has 0 unspecified atom stereocenters. The molecule has 0 saturated heterocycles. The van der Waals surface area contributed by atoms with E-state index in [1.54, 1.807) is 22.9 Å². The van der Waals surface area contributed by atoms with Crippen molar-refractivity contribution in [3.8, 4) is 0 Å². The van der Waals surface area contributed by atoms with E-state index < -0.39 is 5.97 Å². The summed E-state index contributed by atoms with van der Waals surface area (Å²) in [5, 5.41) is 12.1. The zero-order valence-corrected chi connectivity index (χ0v) is 12.4. The molecule has 2 aromatic rings. The van der Waals surface area contributed by atoms with Crippen molar-refractivity contribution >= 4 is 34.8 Å². The topological polar surface area (TPSA) is 97.1 Å². The number of hydrogen-bond donors (Lipinski definition) is 2. The van der Waals surface area contributed by atoms with Gasteiger partial charge in [0.2, 0.25) is 5.91 Å². The molecule has 0 aliphatic carbocycles. The first kappa shape index (κ1) is 15.3. The predicted molar refractivity (Wildman–Crippen MR) is 79.2 cm³/mol. The largest absolute Gasteiger partial charge is 0.481 e. The van der Waals surface area contributed by atoms with E-state index in [-0.39, 0.29) is 18.2 Å². The summed E-state index contributed by atoms with van der Waals surface area (Å²) in [5.41, 5.74) is 1.23. The van der Waals surface area contributed by atoms with Crippen LogP contribution in [0, 0.1) is 0 Å². The number of rotatable bonds is 7. The summed E-state index contributed by atoms with van der Waals surface area (Å²) in [4.78, 5) is 31.2. The van der Waals surface area contributed by atoms with E-state index in [0.717, 1.165) is 18.2 Å². The van der Waals surface area contributed by atoms with Crippen LogP contribution in [0.4, 0.5) is 0 Å². The van der Waals surface area contributed by atoms with Gasteiger partial charge in [0.15, 0.2) is 10.8 Å². The molecular weight excluding hydrogens is 292 g/mol. The van der Waals surface area contributed by atoms with Crippen molar-refractivity contribution < 1.29 is 14.7 Å². The van der Waals surface area contributed by atoms with Gasteiger partial charge in [-0.3, -0.25) is 14.2 Å². The number of hydrogen-bond acceptors (Lipinski definition) is 5. The van der Waals surface area contributed by atoms with Crippen LogP contribution in [0.5, 0.6) is 0 Å². The van der Waals surface area contributed by atoms with E-state index in [0.29, 0.717) is 22.9 Å². The van der Waals surface area contributed by atoms with Crippen LogP contribution >= 0.6 is 11.8 Å². The molecule has 0 fully saturated rings. The van der Waals surface area contributed by atoms with E-state index in [9.17, 15) is 9.59 Å². The average molecular weight is 308 g/mol. The van der Waals surface area contributed by atoms with Gasteiger partial charge in [0.05, 0.1) is 5.75 Å². The highest BCUT2D eigenvalue weighted by Gasteiger charge is 2.15. The number of pyridine rings is 1. The molecule has 2 N–H and O–H groups in total. The highest BCUT2D eigenvalue weighted by Crippen LogP contribution is 2.22. The lowest BCUT2D eigenvalue weighted by molar-refractivity contribution is -0.133. The second-order valence-corrected chi connectivity index (χ2v) is 5.30. The minimum Gasteiger partial charge on any atom is -0.481 e. The molecule has 0 aromatic carbocycles.